The van der Waals surface area contributed by atoms with Crippen LogP contribution in [0.15, 0.2) is 16.8 Å². The van der Waals surface area contributed by atoms with Gasteiger partial charge in [0, 0.05) is 12.6 Å². The normalized spacial score (nSPS) is 24.6. The lowest BCUT2D eigenvalue weighted by molar-refractivity contribution is 0.175. The van der Waals surface area contributed by atoms with Crippen LogP contribution in [0.25, 0.3) is 0 Å². The zero-order valence-corrected chi connectivity index (χ0v) is 13.5. The van der Waals surface area contributed by atoms with Gasteiger partial charge in [-0.2, -0.15) is 11.3 Å². The largest absolute Gasteiger partial charge is 0.326 e. The van der Waals surface area contributed by atoms with Crippen LogP contribution >= 0.6 is 11.3 Å². The quantitative estimate of drug-likeness (QED) is 0.906. The van der Waals surface area contributed by atoms with Gasteiger partial charge in [-0.25, -0.2) is 0 Å². The molecule has 3 unspecified atom stereocenters. The smallest absolute Gasteiger partial charge is 0.0507 e. The molecule has 1 aromatic heterocycles. The van der Waals surface area contributed by atoms with E-state index in [1.807, 2.05) is 0 Å². The van der Waals surface area contributed by atoms with E-state index in [1.165, 1.54) is 25.1 Å². The van der Waals surface area contributed by atoms with Gasteiger partial charge < -0.3 is 5.73 Å². The van der Waals surface area contributed by atoms with Crippen molar-refractivity contribution in [3.8, 4) is 0 Å². The second-order valence-corrected chi connectivity index (χ2v) is 7.70. The highest BCUT2D eigenvalue weighted by Crippen LogP contribution is 2.38. The molecule has 19 heavy (non-hydrogen) atoms. The molecule has 0 spiro atoms. The van der Waals surface area contributed by atoms with Gasteiger partial charge in [0.2, 0.25) is 0 Å². The molecule has 2 N–H and O–H groups in total. The maximum atomic E-state index is 6.41. The summed E-state index contributed by atoms with van der Waals surface area (Å²) in [5.74, 6) is 0.790. The minimum absolute atomic E-state index is 0.244. The Morgan fingerprint density at radius 3 is 2.68 bits per heavy atom. The van der Waals surface area contributed by atoms with Crippen molar-refractivity contribution in [2.45, 2.75) is 52.6 Å². The molecule has 0 radical (unpaired) electrons. The van der Waals surface area contributed by atoms with Crippen LogP contribution in [0.5, 0.6) is 0 Å². The van der Waals surface area contributed by atoms with Gasteiger partial charge >= 0.3 is 0 Å². The van der Waals surface area contributed by atoms with E-state index in [0.29, 0.717) is 11.5 Å². The average Bonchev–Trinajstić information content (AvgIpc) is 2.99. The first kappa shape index (κ1) is 15.0. The van der Waals surface area contributed by atoms with Crippen molar-refractivity contribution in [2.75, 3.05) is 13.1 Å². The second-order valence-electron chi connectivity index (χ2n) is 6.92. The fraction of sp³-hybridized carbons (Fsp3) is 0.750. The van der Waals surface area contributed by atoms with Gasteiger partial charge in [0.15, 0.2) is 0 Å². The number of nitrogens with two attached hydrogens (primary N) is 1. The summed E-state index contributed by atoms with van der Waals surface area (Å²) in [6.45, 7) is 11.7. The Labute approximate surface area is 122 Å². The molecule has 0 aliphatic carbocycles. The van der Waals surface area contributed by atoms with Crippen LogP contribution in [0.1, 0.15) is 52.1 Å². The van der Waals surface area contributed by atoms with E-state index in [-0.39, 0.29) is 6.04 Å². The third-order valence-corrected chi connectivity index (χ3v) is 5.30. The number of hydrogen-bond acceptors (Lipinski definition) is 3. The van der Waals surface area contributed by atoms with E-state index in [4.69, 9.17) is 5.73 Å². The predicted octanol–water partition coefficient (Wildman–Crippen LogP) is 3.89. The molecule has 2 rings (SSSR count). The second kappa shape index (κ2) is 5.94. The van der Waals surface area contributed by atoms with E-state index in [0.717, 1.165) is 12.3 Å². The van der Waals surface area contributed by atoms with Crippen molar-refractivity contribution in [1.82, 2.24) is 4.90 Å². The number of thiophene rings is 1. The summed E-state index contributed by atoms with van der Waals surface area (Å²) in [6.07, 6.45) is 2.35. The lowest BCUT2D eigenvalue weighted by atomic mass is 9.80. The Kier molecular flexibility index (Phi) is 4.70. The molecule has 0 saturated carbocycles. The Balaban J connectivity index is 2.13. The van der Waals surface area contributed by atoms with Crippen molar-refractivity contribution < 1.29 is 0 Å². The van der Waals surface area contributed by atoms with Gasteiger partial charge in [-0.1, -0.05) is 27.7 Å². The van der Waals surface area contributed by atoms with Crippen LogP contribution in [0, 0.1) is 11.3 Å². The zero-order valence-electron chi connectivity index (χ0n) is 12.7. The molecule has 3 heteroatoms. The summed E-state index contributed by atoms with van der Waals surface area (Å²) in [5, 5.41) is 4.44. The summed E-state index contributed by atoms with van der Waals surface area (Å²) in [6, 6.07) is 2.90. The van der Waals surface area contributed by atoms with Crippen LogP contribution < -0.4 is 5.73 Å². The fourth-order valence-corrected chi connectivity index (χ4v) is 3.83. The lowest BCUT2D eigenvalue weighted by Gasteiger charge is -2.33. The molecule has 108 valence electrons. The molecule has 1 aliphatic heterocycles. The van der Waals surface area contributed by atoms with Gasteiger partial charge in [0.25, 0.3) is 0 Å². The highest BCUT2D eigenvalue weighted by atomic mass is 32.1. The van der Waals surface area contributed by atoms with Gasteiger partial charge in [-0.3, -0.25) is 4.90 Å². The maximum Gasteiger partial charge on any atom is 0.0507 e. The molecule has 3 atom stereocenters. The monoisotopic (exact) mass is 280 g/mol. The Bertz CT molecular complexity index is 380. The summed E-state index contributed by atoms with van der Waals surface area (Å²) in [4.78, 5) is 2.62. The number of hydrogen-bond donors (Lipinski definition) is 1. The molecule has 0 bridgehead atoms. The number of nitrogens with zero attached hydrogens (tertiary/aromatic N) is 1. The van der Waals surface area contributed by atoms with Gasteiger partial charge in [-0.05, 0) is 53.1 Å². The summed E-state index contributed by atoms with van der Waals surface area (Å²) in [7, 11) is 0. The summed E-state index contributed by atoms with van der Waals surface area (Å²) in [5.41, 5.74) is 8.22. The van der Waals surface area contributed by atoms with Gasteiger partial charge in [0.05, 0.1) is 6.04 Å². The molecule has 1 aliphatic rings. The zero-order chi connectivity index (χ0) is 14.0. The highest BCUT2D eigenvalue weighted by Gasteiger charge is 2.36. The van der Waals surface area contributed by atoms with Gasteiger partial charge in [0.1, 0.15) is 0 Å². The molecule has 0 amide bonds. The van der Waals surface area contributed by atoms with Gasteiger partial charge in [-0.15, -0.1) is 0 Å². The topological polar surface area (TPSA) is 29.3 Å². The van der Waals surface area contributed by atoms with E-state index in [2.05, 4.69) is 49.4 Å². The highest BCUT2D eigenvalue weighted by molar-refractivity contribution is 7.07. The Hall–Kier alpha value is -0.380. The third kappa shape index (κ3) is 3.39. The third-order valence-electron chi connectivity index (χ3n) is 4.60. The first-order chi connectivity index (χ1) is 8.93. The molecule has 2 heterocycles. The summed E-state index contributed by atoms with van der Waals surface area (Å²) < 4.78 is 0. The molecule has 1 aromatic rings. The van der Waals surface area contributed by atoms with Crippen LogP contribution in [-0.2, 0) is 0 Å². The Morgan fingerprint density at radius 2 is 2.21 bits per heavy atom. The van der Waals surface area contributed by atoms with E-state index < -0.39 is 0 Å². The fourth-order valence-electron chi connectivity index (χ4n) is 3.14. The van der Waals surface area contributed by atoms with Crippen LogP contribution in [0.3, 0.4) is 0 Å². The standard InChI is InChI=1S/C16H28N2S/c1-5-14(17)15(12-7-9-19-11-12)18-8-6-13(10-18)16(2,3)4/h7,9,11,13-15H,5-6,8,10,17H2,1-4H3. The van der Waals surface area contributed by atoms with E-state index >= 15 is 0 Å². The minimum Gasteiger partial charge on any atom is -0.326 e. The average molecular weight is 280 g/mol. The minimum atomic E-state index is 0.244. The van der Waals surface area contributed by atoms with Crippen molar-refractivity contribution >= 4 is 11.3 Å². The SMILES string of the molecule is CCC(N)C(c1ccsc1)N1CCC(C(C)(C)C)C1. The van der Waals surface area contributed by atoms with Crippen molar-refractivity contribution in [1.29, 1.82) is 0 Å². The molecule has 0 aromatic carbocycles. The molecule has 1 saturated heterocycles. The van der Waals surface area contributed by atoms with E-state index in [9.17, 15) is 0 Å². The van der Waals surface area contributed by atoms with Crippen molar-refractivity contribution in [2.24, 2.45) is 17.1 Å². The van der Waals surface area contributed by atoms with Crippen LogP contribution in [0.2, 0.25) is 0 Å². The predicted molar refractivity (Wildman–Crippen MR) is 84.5 cm³/mol. The number of rotatable bonds is 4. The number of likely N-dealkylation sites (tertiary alicyclic amines) is 1. The molecular weight excluding hydrogens is 252 g/mol. The van der Waals surface area contributed by atoms with Crippen LogP contribution in [-0.4, -0.2) is 24.0 Å². The maximum absolute atomic E-state index is 6.41. The lowest BCUT2D eigenvalue weighted by Crippen LogP contribution is -2.40. The first-order valence-corrected chi connectivity index (χ1v) is 8.39. The first-order valence-electron chi connectivity index (χ1n) is 7.45. The summed E-state index contributed by atoms with van der Waals surface area (Å²) >= 11 is 1.78. The van der Waals surface area contributed by atoms with E-state index in [1.54, 1.807) is 11.3 Å². The van der Waals surface area contributed by atoms with Crippen molar-refractivity contribution in [3.63, 3.8) is 0 Å². The van der Waals surface area contributed by atoms with Crippen molar-refractivity contribution in [3.05, 3.63) is 22.4 Å². The molecule has 1 fully saturated rings. The Morgan fingerprint density at radius 1 is 1.47 bits per heavy atom. The molecule has 2 nitrogen and oxygen atoms in total. The van der Waals surface area contributed by atoms with Crippen LogP contribution in [0.4, 0.5) is 0 Å². The molecular formula is C16H28N2S.